The summed E-state index contributed by atoms with van der Waals surface area (Å²) in [5, 5.41) is 9.51. The van der Waals surface area contributed by atoms with Gasteiger partial charge in [-0.3, -0.25) is 4.79 Å². The molecule has 0 saturated carbocycles. The van der Waals surface area contributed by atoms with Gasteiger partial charge < -0.3 is 9.47 Å². The van der Waals surface area contributed by atoms with E-state index in [9.17, 15) is 10.1 Å². The van der Waals surface area contributed by atoms with Gasteiger partial charge in [0, 0.05) is 31.0 Å². The van der Waals surface area contributed by atoms with E-state index in [-0.39, 0.29) is 11.5 Å². The molecule has 0 radical (unpaired) electrons. The maximum absolute atomic E-state index is 12.8. The van der Waals surface area contributed by atoms with Gasteiger partial charge in [0.1, 0.15) is 11.6 Å². The van der Waals surface area contributed by atoms with Crippen molar-refractivity contribution in [2.24, 2.45) is 5.92 Å². The Morgan fingerprint density at radius 1 is 1.38 bits per heavy atom. The normalized spacial score (nSPS) is 19.0. The highest BCUT2D eigenvalue weighted by atomic mass is 16.2. The van der Waals surface area contributed by atoms with Crippen LogP contribution in [0.25, 0.3) is 6.08 Å². The lowest BCUT2D eigenvalue weighted by Crippen LogP contribution is -2.32. The lowest BCUT2D eigenvalue weighted by Gasteiger charge is -2.19. The number of carbonyl (C=O) groups excluding carboxylic acids is 1. The highest BCUT2D eigenvalue weighted by Crippen LogP contribution is 2.21. The number of rotatable bonds is 4. The third-order valence-corrected chi connectivity index (χ3v) is 5.01. The topological polar surface area (TPSA) is 49.0 Å². The van der Waals surface area contributed by atoms with Crippen LogP contribution in [0.4, 0.5) is 0 Å². The molecule has 1 fully saturated rings. The molecule has 1 atom stereocenters. The Morgan fingerprint density at radius 3 is 2.79 bits per heavy atom. The largest absolute Gasteiger partial charge is 0.349 e. The van der Waals surface area contributed by atoms with Crippen LogP contribution >= 0.6 is 0 Å². The first-order valence-corrected chi connectivity index (χ1v) is 9.05. The van der Waals surface area contributed by atoms with Gasteiger partial charge in [-0.2, -0.15) is 5.26 Å². The second-order valence-electron chi connectivity index (χ2n) is 6.98. The average Bonchev–Trinajstić information content (AvgIpc) is 2.72. The van der Waals surface area contributed by atoms with Crippen LogP contribution in [0.3, 0.4) is 0 Å². The zero-order valence-electron chi connectivity index (χ0n) is 15.4. The molecule has 2 heterocycles. The molecular formula is C20H29N3O. The zero-order valence-corrected chi connectivity index (χ0v) is 15.4. The Labute approximate surface area is 145 Å². The molecule has 0 aromatic carbocycles. The van der Waals surface area contributed by atoms with Crippen molar-refractivity contribution in [3.63, 3.8) is 0 Å². The van der Waals surface area contributed by atoms with Gasteiger partial charge in [0.05, 0.1) is 0 Å². The molecule has 0 bridgehead atoms. The van der Waals surface area contributed by atoms with Crippen molar-refractivity contribution in [1.82, 2.24) is 9.47 Å². The second-order valence-corrected chi connectivity index (χ2v) is 6.98. The van der Waals surface area contributed by atoms with E-state index in [0.29, 0.717) is 5.92 Å². The fourth-order valence-electron chi connectivity index (χ4n) is 3.48. The molecule has 1 aliphatic rings. The molecule has 4 nitrogen and oxygen atoms in total. The Hall–Kier alpha value is -2.02. The minimum Gasteiger partial charge on any atom is -0.349 e. The maximum Gasteiger partial charge on any atom is 0.264 e. The van der Waals surface area contributed by atoms with Crippen molar-refractivity contribution in [3.8, 4) is 6.07 Å². The van der Waals surface area contributed by atoms with Crippen molar-refractivity contribution in [1.29, 1.82) is 5.26 Å². The maximum atomic E-state index is 12.8. The number of hydrogen-bond donors (Lipinski definition) is 0. The summed E-state index contributed by atoms with van der Waals surface area (Å²) in [4.78, 5) is 14.6. The van der Waals surface area contributed by atoms with E-state index in [1.165, 1.54) is 5.69 Å². The second kappa shape index (κ2) is 8.19. The first-order chi connectivity index (χ1) is 11.5. The molecule has 24 heavy (non-hydrogen) atoms. The van der Waals surface area contributed by atoms with Crippen molar-refractivity contribution >= 4 is 12.0 Å². The quantitative estimate of drug-likeness (QED) is 0.618. The fourth-order valence-corrected chi connectivity index (χ4v) is 3.48. The van der Waals surface area contributed by atoms with Crippen LogP contribution < -0.4 is 0 Å². The predicted molar refractivity (Wildman–Crippen MR) is 97.4 cm³/mol. The number of aryl methyl sites for hydroxylation is 1. The number of nitrogens with zero attached hydrogens (tertiary/aromatic N) is 3. The minimum absolute atomic E-state index is 0.119. The molecular weight excluding hydrogens is 298 g/mol. The van der Waals surface area contributed by atoms with Crippen LogP contribution in [-0.2, 0) is 11.3 Å². The summed E-state index contributed by atoms with van der Waals surface area (Å²) in [7, 11) is 0. The zero-order chi connectivity index (χ0) is 17.7. The Morgan fingerprint density at radius 2 is 2.12 bits per heavy atom. The fraction of sp³-hybridized carbons (Fsp3) is 0.600. The number of carbonyl (C=O) groups is 1. The molecule has 130 valence electrons. The SMILES string of the molecule is CCCn1c(C)cc(/C=C(/C#N)C(=O)N2CCC[C@H](C)CC2)c1C. The molecule has 2 rings (SSSR count). The summed E-state index contributed by atoms with van der Waals surface area (Å²) in [5.74, 6) is 0.539. The van der Waals surface area contributed by atoms with Crippen molar-refractivity contribution in [3.05, 3.63) is 28.6 Å². The Bertz CT molecular complexity index is 663. The predicted octanol–water partition coefficient (Wildman–Crippen LogP) is 4.07. The number of likely N-dealkylation sites (tertiary alicyclic amines) is 1. The van der Waals surface area contributed by atoms with Gasteiger partial charge >= 0.3 is 0 Å². The van der Waals surface area contributed by atoms with E-state index in [0.717, 1.165) is 56.6 Å². The van der Waals surface area contributed by atoms with E-state index in [2.05, 4.69) is 44.4 Å². The standard InChI is InChI=1S/C20H29N3O/c1-5-9-23-16(3)12-18(17(23)4)13-19(14-21)20(24)22-10-6-7-15(2)8-11-22/h12-13,15H,5-11H2,1-4H3/b19-13-/t15-/m0/s1. The first-order valence-electron chi connectivity index (χ1n) is 9.05. The van der Waals surface area contributed by atoms with Gasteiger partial charge in [0.15, 0.2) is 0 Å². The van der Waals surface area contributed by atoms with Crippen LogP contribution in [0.1, 0.15) is 56.5 Å². The van der Waals surface area contributed by atoms with Gasteiger partial charge in [-0.05, 0) is 63.2 Å². The van der Waals surface area contributed by atoms with Gasteiger partial charge in [-0.1, -0.05) is 13.8 Å². The molecule has 0 unspecified atom stereocenters. The highest BCUT2D eigenvalue weighted by Gasteiger charge is 2.22. The monoisotopic (exact) mass is 327 g/mol. The smallest absolute Gasteiger partial charge is 0.264 e. The molecule has 1 amide bonds. The van der Waals surface area contributed by atoms with E-state index in [1.807, 2.05) is 4.90 Å². The summed E-state index contributed by atoms with van der Waals surface area (Å²) in [6, 6.07) is 4.20. The van der Waals surface area contributed by atoms with Crippen LogP contribution in [0.5, 0.6) is 0 Å². The van der Waals surface area contributed by atoms with Crippen LogP contribution in [-0.4, -0.2) is 28.5 Å². The lowest BCUT2D eigenvalue weighted by atomic mass is 10.0. The van der Waals surface area contributed by atoms with Crippen LogP contribution in [0.15, 0.2) is 11.6 Å². The van der Waals surface area contributed by atoms with Crippen molar-refractivity contribution < 1.29 is 4.79 Å². The van der Waals surface area contributed by atoms with Crippen LogP contribution in [0, 0.1) is 31.1 Å². The molecule has 0 N–H and O–H groups in total. The molecule has 1 aromatic heterocycles. The van der Waals surface area contributed by atoms with Crippen LogP contribution in [0.2, 0.25) is 0 Å². The van der Waals surface area contributed by atoms with Gasteiger partial charge in [-0.15, -0.1) is 0 Å². The summed E-state index contributed by atoms with van der Waals surface area (Å²) in [5.41, 5.74) is 3.53. The van der Waals surface area contributed by atoms with Gasteiger partial charge in [0.2, 0.25) is 0 Å². The Balaban J connectivity index is 2.24. The highest BCUT2D eigenvalue weighted by molar-refractivity contribution is 6.01. The number of hydrogen-bond acceptors (Lipinski definition) is 2. The van der Waals surface area contributed by atoms with E-state index < -0.39 is 0 Å². The summed E-state index contributed by atoms with van der Waals surface area (Å²) >= 11 is 0. The molecule has 1 aliphatic heterocycles. The molecule has 0 spiro atoms. The molecule has 4 heteroatoms. The van der Waals surface area contributed by atoms with E-state index in [1.54, 1.807) is 6.08 Å². The number of nitriles is 1. The average molecular weight is 327 g/mol. The number of amides is 1. The van der Waals surface area contributed by atoms with E-state index >= 15 is 0 Å². The summed E-state index contributed by atoms with van der Waals surface area (Å²) in [6.45, 7) is 11.0. The van der Waals surface area contributed by atoms with E-state index in [4.69, 9.17) is 0 Å². The molecule has 1 aromatic rings. The van der Waals surface area contributed by atoms with Crippen molar-refractivity contribution in [2.45, 2.75) is 59.9 Å². The van der Waals surface area contributed by atoms with Gasteiger partial charge in [-0.25, -0.2) is 0 Å². The van der Waals surface area contributed by atoms with Crippen molar-refractivity contribution in [2.75, 3.05) is 13.1 Å². The molecule has 1 saturated heterocycles. The first kappa shape index (κ1) is 18.3. The number of aromatic nitrogens is 1. The lowest BCUT2D eigenvalue weighted by molar-refractivity contribution is -0.126. The Kier molecular flexibility index (Phi) is 6.25. The third kappa shape index (κ3) is 4.08. The third-order valence-electron chi connectivity index (χ3n) is 5.01. The minimum atomic E-state index is -0.119. The summed E-state index contributed by atoms with van der Waals surface area (Å²) < 4.78 is 2.25. The van der Waals surface area contributed by atoms with Gasteiger partial charge in [0.25, 0.3) is 5.91 Å². The molecule has 0 aliphatic carbocycles. The summed E-state index contributed by atoms with van der Waals surface area (Å²) in [6.07, 6.45) is 6.04.